The lowest BCUT2D eigenvalue weighted by Crippen LogP contribution is -2.31. The largest absolute Gasteiger partial charge is 0.314 e. The van der Waals surface area contributed by atoms with Gasteiger partial charge in [-0.25, -0.2) is 0 Å². The zero-order valence-corrected chi connectivity index (χ0v) is 12.0. The quantitative estimate of drug-likeness (QED) is 0.654. The minimum absolute atomic E-state index is 0.790. The Morgan fingerprint density at radius 3 is 2.65 bits per heavy atom. The molecule has 1 fully saturated rings. The molecule has 1 saturated heterocycles. The lowest BCUT2D eigenvalue weighted by Gasteiger charge is -2.19. The van der Waals surface area contributed by atoms with Gasteiger partial charge in [0.25, 0.3) is 0 Å². The van der Waals surface area contributed by atoms with Gasteiger partial charge >= 0.3 is 0 Å². The van der Waals surface area contributed by atoms with Gasteiger partial charge in [0, 0.05) is 6.04 Å². The fraction of sp³-hybridized carbons (Fsp3) is 1.00. The number of hydrogen-bond acceptors (Lipinski definition) is 2. The molecular weight excluding hydrogens is 208 g/mol. The summed E-state index contributed by atoms with van der Waals surface area (Å²) >= 11 is 0. The summed E-state index contributed by atoms with van der Waals surface area (Å²) in [6.45, 7) is 9.72. The Hall–Kier alpha value is -0.0800. The molecule has 1 N–H and O–H groups in total. The second-order valence-electron chi connectivity index (χ2n) is 5.48. The van der Waals surface area contributed by atoms with Gasteiger partial charge in [0.15, 0.2) is 0 Å². The van der Waals surface area contributed by atoms with E-state index in [9.17, 15) is 0 Å². The number of nitrogens with one attached hydrogen (secondary N) is 1. The Kier molecular flexibility index (Phi) is 8.72. The maximum absolute atomic E-state index is 3.76. The van der Waals surface area contributed by atoms with Crippen molar-refractivity contribution in [1.29, 1.82) is 0 Å². The molecule has 17 heavy (non-hydrogen) atoms. The van der Waals surface area contributed by atoms with Crippen LogP contribution in [0.3, 0.4) is 0 Å². The minimum Gasteiger partial charge on any atom is -0.314 e. The summed E-state index contributed by atoms with van der Waals surface area (Å²) in [5.74, 6) is 0. The van der Waals surface area contributed by atoms with Crippen LogP contribution in [0.4, 0.5) is 0 Å². The molecule has 0 saturated carbocycles. The Labute approximate surface area is 108 Å². The first-order valence-electron chi connectivity index (χ1n) is 7.82. The van der Waals surface area contributed by atoms with Crippen molar-refractivity contribution in [2.24, 2.45) is 0 Å². The molecule has 1 aliphatic rings. The lowest BCUT2D eigenvalue weighted by atomic mass is 10.1. The summed E-state index contributed by atoms with van der Waals surface area (Å²) in [5.41, 5.74) is 0. The van der Waals surface area contributed by atoms with Crippen molar-refractivity contribution in [3.63, 3.8) is 0 Å². The molecule has 0 spiro atoms. The van der Waals surface area contributed by atoms with Crippen molar-refractivity contribution >= 4 is 0 Å². The van der Waals surface area contributed by atoms with Crippen molar-refractivity contribution in [2.75, 3.05) is 26.2 Å². The molecule has 0 aromatic carbocycles. The van der Waals surface area contributed by atoms with Gasteiger partial charge in [-0.15, -0.1) is 0 Å². The van der Waals surface area contributed by atoms with Crippen LogP contribution in [0.15, 0.2) is 0 Å². The Balaban J connectivity index is 2.05. The number of unbranched alkanes of at least 4 members (excludes halogenated alkanes) is 3. The predicted octanol–water partition coefficient (Wildman–Crippen LogP) is 3.42. The number of rotatable bonds is 8. The fourth-order valence-electron chi connectivity index (χ4n) is 2.76. The predicted molar refractivity (Wildman–Crippen MR) is 76.5 cm³/mol. The zero-order valence-electron chi connectivity index (χ0n) is 12.0. The van der Waals surface area contributed by atoms with E-state index in [4.69, 9.17) is 0 Å². The number of hydrogen-bond donors (Lipinski definition) is 1. The second-order valence-corrected chi connectivity index (χ2v) is 5.48. The first-order valence-corrected chi connectivity index (χ1v) is 7.82. The highest BCUT2D eigenvalue weighted by atomic mass is 15.1. The monoisotopic (exact) mass is 240 g/mol. The van der Waals surface area contributed by atoms with Gasteiger partial charge in [-0.05, 0) is 58.3 Å². The highest BCUT2D eigenvalue weighted by Crippen LogP contribution is 2.11. The van der Waals surface area contributed by atoms with Gasteiger partial charge in [0.2, 0.25) is 0 Å². The van der Waals surface area contributed by atoms with E-state index in [-0.39, 0.29) is 0 Å². The minimum atomic E-state index is 0.790. The van der Waals surface area contributed by atoms with Gasteiger partial charge in [0.05, 0.1) is 0 Å². The van der Waals surface area contributed by atoms with Crippen LogP contribution in [0, 0.1) is 0 Å². The van der Waals surface area contributed by atoms with Crippen LogP contribution in [-0.2, 0) is 0 Å². The molecule has 2 heteroatoms. The summed E-state index contributed by atoms with van der Waals surface area (Å²) in [6.07, 6.45) is 10.9. The molecule has 0 amide bonds. The Morgan fingerprint density at radius 1 is 1.00 bits per heavy atom. The van der Waals surface area contributed by atoms with E-state index in [1.807, 2.05) is 0 Å². The van der Waals surface area contributed by atoms with Gasteiger partial charge in [-0.2, -0.15) is 0 Å². The van der Waals surface area contributed by atoms with Crippen molar-refractivity contribution in [3.05, 3.63) is 0 Å². The third-order valence-electron chi connectivity index (χ3n) is 3.82. The summed E-state index contributed by atoms with van der Waals surface area (Å²) in [7, 11) is 0. The molecule has 0 aliphatic carbocycles. The van der Waals surface area contributed by atoms with E-state index in [0.29, 0.717) is 0 Å². The highest BCUT2D eigenvalue weighted by Gasteiger charge is 2.15. The average molecular weight is 240 g/mol. The van der Waals surface area contributed by atoms with E-state index in [0.717, 1.165) is 6.04 Å². The van der Waals surface area contributed by atoms with Crippen molar-refractivity contribution < 1.29 is 0 Å². The van der Waals surface area contributed by atoms with Gasteiger partial charge in [-0.1, -0.05) is 33.1 Å². The number of likely N-dealkylation sites (tertiary alicyclic amines) is 1. The molecule has 1 heterocycles. The Morgan fingerprint density at radius 2 is 1.88 bits per heavy atom. The van der Waals surface area contributed by atoms with Gasteiger partial charge in [-0.3, -0.25) is 0 Å². The van der Waals surface area contributed by atoms with E-state index >= 15 is 0 Å². The van der Waals surface area contributed by atoms with Crippen LogP contribution >= 0.6 is 0 Å². The SMILES string of the molecule is CCCCCCNC1CCCN(CCC)CC1. The molecule has 0 radical (unpaired) electrons. The fourth-order valence-corrected chi connectivity index (χ4v) is 2.76. The van der Waals surface area contributed by atoms with Crippen molar-refractivity contribution in [1.82, 2.24) is 10.2 Å². The second kappa shape index (κ2) is 9.90. The van der Waals surface area contributed by atoms with E-state index < -0.39 is 0 Å². The molecule has 0 aromatic heterocycles. The molecule has 0 bridgehead atoms. The third kappa shape index (κ3) is 7.05. The smallest absolute Gasteiger partial charge is 0.00797 e. The molecule has 1 rings (SSSR count). The van der Waals surface area contributed by atoms with E-state index in [1.54, 1.807) is 0 Å². The van der Waals surface area contributed by atoms with Crippen LogP contribution in [-0.4, -0.2) is 37.1 Å². The summed E-state index contributed by atoms with van der Waals surface area (Å²) in [4.78, 5) is 2.64. The zero-order chi connectivity index (χ0) is 12.3. The lowest BCUT2D eigenvalue weighted by molar-refractivity contribution is 0.282. The molecule has 1 atom stereocenters. The number of nitrogens with zero attached hydrogens (tertiary/aromatic N) is 1. The van der Waals surface area contributed by atoms with Crippen LogP contribution in [0.5, 0.6) is 0 Å². The van der Waals surface area contributed by atoms with Crippen LogP contribution in [0.1, 0.15) is 65.2 Å². The third-order valence-corrected chi connectivity index (χ3v) is 3.82. The molecule has 0 aromatic rings. The Bertz CT molecular complexity index is 170. The van der Waals surface area contributed by atoms with Gasteiger partial charge in [0.1, 0.15) is 0 Å². The van der Waals surface area contributed by atoms with E-state index in [1.165, 1.54) is 77.5 Å². The van der Waals surface area contributed by atoms with Gasteiger partial charge < -0.3 is 10.2 Å². The van der Waals surface area contributed by atoms with Crippen molar-refractivity contribution in [3.8, 4) is 0 Å². The highest BCUT2D eigenvalue weighted by molar-refractivity contribution is 4.74. The normalized spacial score (nSPS) is 22.6. The summed E-state index contributed by atoms with van der Waals surface area (Å²) in [5, 5.41) is 3.76. The molecule has 102 valence electrons. The molecule has 2 nitrogen and oxygen atoms in total. The van der Waals surface area contributed by atoms with Crippen molar-refractivity contribution in [2.45, 2.75) is 71.3 Å². The maximum Gasteiger partial charge on any atom is 0.00797 e. The molecule has 1 aliphatic heterocycles. The maximum atomic E-state index is 3.76. The van der Waals surface area contributed by atoms with Crippen LogP contribution in [0.2, 0.25) is 0 Å². The summed E-state index contributed by atoms with van der Waals surface area (Å²) in [6, 6.07) is 0.790. The van der Waals surface area contributed by atoms with Crippen LogP contribution < -0.4 is 5.32 Å². The average Bonchev–Trinajstić information content (AvgIpc) is 2.55. The van der Waals surface area contributed by atoms with E-state index in [2.05, 4.69) is 24.1 Å². The first kappa shape index (κ1) is 15.0. The topological polar surface area (TPSA) is 15.3 Å². The standard InChI is InChI=1S/C15H32N2/c1-3-5-6-7-11-16-15-9-8-13-17(12-4-2)14-10-15/h15-16H,3-14H2,1-2H3. The molecule has 1 unspecified atom stereocenters. The molecular formula is C15H32N2. The van der Waals surface area contributed by atoms with Crippen LogP contribution in [0.25, 0.3) is 0 Å². The first-order chi connectivity index (χ1) is 8.36. The summed E-state index contributed by atoms with van der Waals surface area (Å²) < 4.78 is 0.